The van der Waals surface area contributed by atoms with E-state index < -0.39 is 11.8 Å². The molecule has 172 valence electrons. The van der Waals surface area contributed by atoms with Crippen LogP contribution in [0.4, 0.5) is 25.4 Å². The van der Waals surface area contributed by atoms with Crippen LogP contribution in [0.3, 0.4) is 0 Å². The molecule has 0 aromatic heterocycles. The third-order valence-electron chi connectivity index (χ3n) is 6.30. The molecule has 2 aliphatic rings. The molecule has 33 heavy (non-hydrogen) atoms. The first-order valence-corrected chi connectivity index (χ1v) is 11.3. The number of nitriles is 1. The fourth-order valence-corrected chi connectivity index (χ4v) is 4.43. The van der Waals surface area contributed by atoms with Crippen LogP contribution in [0.5, 0.6) is 0 Å². The molecule has 0 bridgehead atoms. The molecular formula is C25H27FN4O3. The lowest BCUT2D eigenvalue weighted by atomic mass is 9.86. The number of nitrogens with one attached hydrogen (secondary N) is 2. The first kappa shape index (κ1) is 22.6. The first-order valence-electron chi connectivity index (χ1n) is 11.3. The number of para-hydroxylation sites is 1. The Balaban J connectivity index is 1.29. The number of hydrogen-bond acceptors (Lipinski definition) is 4. The Bertz CT molecular complexity index is 1060. The molecule has 1 heterocycles. The summed E-state index contributed by atoms with van der Waals surface area (Å²) in [6, 6.07) is 13.2. The minimum atomic E-state index is -0.523. The quantitative estimate of drug-likeness (QED) is 0.649. The Kier molecular flexibility index (Phi) is 7.08. The molecule has 1 aliphatic carbocycles. The van der Waals surface area contributed by atoms with Gasteiger partial charge >= 0.3 is 12.1 Å². The molecule has 7 nitrogen and oxygen atoms in total. The van der Waals surface area contributed by atoms with Crippen LogP contribution in [0.1, 0.15) is 43.2 Å². The Morgan fingerprint density at radius 2 is 1.88 bits per heavy atom. The lowest BCUT2D eigenvalue weighted by Gasteiger charge is -2.32. The van der Waals surface area contributed by atoms with Crippen molar-refractivity contribution in [3.8, 4) is 6.07 Å². The van der Waals surface area contributed by atoms with Gasteiger partial charge in [-0.05, 0) is 73.4 Å². The average Bonchev–Trinajstić information content (AvgIpc) is 2.81. The highest BCUT2D eigenvalue weighted by Crippen LogP contribution is 2.29. The van der Waals surface area contributed by atoms with Gasteiger partial charge in [0.15, 0.2) is 0 Å². The molecule has 0 atom stereocenters. The van der Waals surface area contributed by atoms with Crippen LogP contribution in [-0.4, -0.2) is 29.7 Å². The molecule has 0 saturated heterocycles. The average molecular weight is 451 g/mol. The van der Waals surface area contributed by atoms with E-state index in [4.69, 9.17) is 10.00 Å². The SMILES string of the molecule is N#CC[C@H]1CC[C@H](OC(=O)N2CCc3cc(NC(=O)Nc4ccccc4F)ccc3C2)CC1. The van der Waals surface area contributed by atoms with Crippen molar-refractivity contribution in [3.63, 3.8) is 0 Å². The van der Waals surface area contributed by atoms with Crippen molar-refractivity contribution in [2.45, 2.75) is 51.2 Å². The third-order valence-corrected chi connectivity index (χ3v) is 6.30. The summed E-state index contributed by atoms with van der Waals surface area (Å²) in [6.07, 6.45) is 4.33. The summed E-state index contributed by atoms with van der Waals surface area (Å²) in [6.45, 7) is 1.00. The van der Waals surface area contributed by atoms with Gasteiger partial charge in [0, 0.05) is 25.2 Å². The second-order valence-electron chi connectivity index (χ2n) is 8.60. The van der Waals surface area contributed by atoms with Gasteiger partial charge in [0.2, 0.25) is 0 Å². The minimum Gasteiger partial charge on any atom is -0.446 e. The number of halogens is 1. The number of carbonyl (C=O) groups is 2. The van der Waals surface area contributed by atoms with Gasteiger partial charge in [-0.3, -0.25) is 0 Å². The van der Waals surface area contributed by atoms with Crippen molar-refractivity contribution >= 4 is 23.5 Å². The topological polar surface area (TPSA) is 94.5 Å². The monoisotopic (exact) mass is 450 g/mol. The summed E-state index contributed by atoms with van der Waals surface area (Å²) in [7, 11) is 0. The predicted molar refractivity (Wildman–Crippen MR) is 122 cm³/mol. The fraction of sp³-hybridized carbons (Fsp3) is 0.400. The summed E-state index contributed by atoms with van der Waals surface area (Å²) in [5, 5.41) is 14.1. The zero-order valence-corrected chi connectivity index (χ0v) is 18.4. The molecule has 8 heteroatoms. The van der Waals surface area contributed by atoms with E-state index in [1.165, 1.54) is 12.1 Å². The Morgan fingerprint density at radius 3 is 2.64 bits per heavy atom. The third kappa shape index (κ3) is 5.80. The zero-order valence-electron chi connectivity index (χ0n) is 18.4. The number of nitrogens with zero attached hydrogens (tertiary/aromatic N) is 2. The lowest BCUT2D eigenvalue weighted by molar-refractivity contribution is 0.0355. The molecular weight excluding hydrogens is 423 g/mol. The Labute approximate surface area is 192 Å². The fourth-order valence-electron chi connectivity index (χ4n) is 4.43. The summed E-state index contributed by atoms with van der Waals surface area (Å²) in [5.41, 5.74) is 2.78. The van der Waals surface area contributed by atoms with E-state index in [0.717, 1.165) is 36.8 Å². The number of anilines is 2. The van der Waals surface area contributed by atoms with Crippen molar-refractivity contribution < 1.29 is 18.7 Å². The molecule has 0 unspecified atom stereocenters. The van der Waals surface area contributed by atoms with Gasteiger partial charge in [-0.15, -0.1) is 0 Å². The predicted octanol–water partition coefficient (Wildman–Crippen LogP) is 5.44. The van der Waals surface area contributed by atoms with Gasteiger partial charge in [0.1, 0.15) is 11.9 Å². The van der Waals surface area contributed by atoms with Crippen LogP contribution in [0.25, 0.3) is 0 Å². The summed E-state index contributed by atoms with van der Waals surface area (Å²) < 4.78 is 19.4. The van der Waals surface area contributed by atoms with Gasteiger partial charge in [0.25, 0.3) is 0 Å². The molecule has 0 spiro atoms. The van der Waals surface area contributed by atoms with E-state index in [0.29, 0.717) is 37.5 Å². The van der Waals surface area contributed by atoms with E-state index in [9.17, 15) is 14.0 Å². The van der Waals surface area contributed by atoms with Gasteiger partial charge in [-0.25, -0.2) is 14.0 Å². The maximum atomic E-state index is 13.7. The van der Waals surface area contributed by atoms with E-state index in [1.54, 1.807) is 23.1 Å². The molecule has 2 aromatic rings. The normalized spacial score (nSPS) is 19.7. The Morgan fingerprint density at radius 1 is 1.09 bits per heavy atom. The number of ether oxygens (including phenoxy) is 1. The number of fused-ring (bicyclic) bond motifs is 1. The molecule has 1 saturated carbocycles. The zero-order chi connectivity index (χ0) is 23.2. The molecule has 3 amide bonds. The van der Waals surface area contributed by atoms with Crippen molar-refractivity contribution in [2.75, 3.05) is 17.2 Å². The number of benzene rings is 2. The lowest BCUT2D eigenvalue weighted by Crippen LogP contribution is -2.39. The summed E-state index contributed by atoms with van der Waals surface area (Å²) in [5.74, 6) is -0.0799. The van der Waals surface area contributed by atoms with E-state index in [1.807, 2.05) is 12.1 Å². The van der Waals surface area contributed by atoms with Gasteiger partial charge in [0.05, 0.1) is 11.8 Å². The largest absolute Gasteiger partial charge is 0.446 e. The minimum absolute atomic E-state index is 0.0756. The molecule has 2 aromatic carbocycles. The van der Waals surface area contributed by atoms with Crippen molar-refractivity contribution in [1.82, 2.24) is 4.90 Å². The van der Waals surface area contributed by atoms with Gasteiger partial charge in [-0.2, -0.15) is 5.26 Å². The molecule has 1 aliphatic heterocycles. The van der Waals surface area contributed by atoms with Crippen LogP contribution in [-0.2, 0) is 17.7 Å². The number of carbonyl (C=O) groups excluding carboxylic acids is 2. The van der Waals surface area contributed by atoms with E-state index >= 15 is 0 Å². The molecule has 4 rings (SSSR count). The number of rotatable bonds is 4. The first-order chi connectivity index (χ1) is 16.0. The number of amides is 3. The van der Waals surface area contributed by atoms with Crippen molar-refractivity contribution in [2.24, 2.45) is 5.92 Å². The molecule has 1 fully saturated rings. The van der Waals surface area contributed by atoms with Gasteiger partial charge < -0.3 is 20.3 Å². The highest BCUT2D eigenvalue weighted by Gasteiger charge is 2.28. The van der Waals surface area contributed by atoms with E-state index in [-0.39, 0.29) is 17.9 Å². The van der Waals surface area contributed by atoms with E-state index in [2.05, 4.69) is 16.7 Å². The molecule has 0 radical (unpaired) electrons. The van der Waals surface area contributed by atoms with Crippen molar-refractivity contribution in [3.05, 3.63) is 59.4 Å². The second-order valence-corrected chi connectivity index (χ2v) is 8.60. The maximum absolute atomic E-state index is 13.7. The maximum Gasteiger partial charge on any atom is 0.410 e. The highest BCUT2D eigenvalue weighted by molar-refractivity contribution is 5.99. The smallest absolute Gasteiger partial charge is 0.410 e. The Hall–Kier alpha value is -3.60. The van der Waals surface area contributed by atoms with Crippen molar-refractivity contribution in [1.29, 1.82) is 5.26 Å². The highest BCUT2D eigenvalue weighted by atomic mass is 19.1. The standard InChI is InChI=1S/C25H27FN4O3/c26-22-3-1-2-4-23(22)29-24(31)28-20-8-7-19-16-30(14-12-18(19)15-20)25(32)33-21-9-5-17(6-10-21)11-13-27/h1-4,7-8,15,17,21H,5-6,9-12,14,16H2,(H2,28,29,31)/t17-,21-. The van der Waals surface area contributed by atoms with Crippen LogP contribution in [0.15, 0.2) is 42.5 Å². The number of urea groups is 1. The van der Waals surface area contributed by atoms with Gasteiger partial charge in [-0.1, -0.05) is 18.2 Å². The van der Waals surface area contributed by atoms with Crippen LogP contribution < -0.4 is 10.6 Å². The second kappa shape index (κ2) is 10.3. The van der Waals surface area contributed by atoms with Crippen LogP contribution in [0, 0.1) is 23.1 Å². The molecule has 2 N–H and O–H groups in total. The van der Waals surface area contributed by atoms with Crippen LogP contribution in [0.2, 0.25) is 0 Å². The summed E-state index contributed by atoms with van der Waals surface area (Å²) in [4.78, 5) is 26.6. The summed E-state index contributed by atoms with van der Waals surface area (Å²) >= 11 is 0. The number of hydrogen-bond donors (Lipinski definition) is 2. The van der Waals surface area contributed by atoms with Crippen LogP contribution >= 0.6 is 0 Å².